The van der Waals surface area contributed by atoms with Crippen molar-refractivity contribution in [3.63, 3.8) is 0 Å². The van der Waals surface area contributed by atoms with Gasteiger partial charge >= 0.3 is 0 Å². The fourth-order valence-corrected chi connectivity index (χ4v) is 2.36. The number of benzene rings is 1. The fraction of sp³-hybridized carbons (Fsp3) is 0.538. The Bertz CT molecular complexity index is 365. The van der Waals surface area contributed by atoms with Gasteiger partial charge in [0.1, 0.15) is 5.75 Å². The first-order valence-electron chi connectivity index (χ1n) is 5.83. The lowest BCUT2D eigenvalue weighted by molar-refractivity contribution is 0.371. The van der Waals surface area contributed by atoms with Crippen molar-refractivity contribution >= 4 is 0 Å². The third kappa shape index (κ3) is 2.20. The molecule has 2 unspecified atom stereocenters. The van der Waals surface area contributed by atoms with Crippen LogP contribution in [0.1, 0.15) is 23.5 Å². The highest BCUT2D eigenvalue weighted by Gasteiger charge is 2.25. The zero-order valence-electron chi connectivity index (χ0n) is 9.99. The Hall–Kier alpha value is -1.06. The number of hydrogen-bond donors (Lipinski definition) is 2. The van der Waals surface area contributed by atoms with Crippen molar-refractivity contribution in [1.82, 2.24) is 5.32 Å². The van der Waals surface area contributed by atoms with Crippen LogP contribution in [-0.2, 0) is 0 Å². The Morgan fingerprint density at radius 3 is 2.94 bits per heavy atom. The molecule has 1 aliphatic rings. The molecule has 16 heavy (non-hydrogen) atoms. The van der Waals surface area contributed by atoms with Gasteiger partial charge in [0.2, 0.25) is 0 Å². The highest BCUT2D eigenvalue weighted by molar-refractivity contribution is 5.40. The number of aryl methyl sites for hydroxylation is 1. The maximum absolute atomic E-state index is 6.19. The van der Waals surface area contributed by atoms with Gasteiger partial charge in [0, 0.05) is 24.1 Å². The standard InChI is InChI=1S/C13H20N2O/c1-9-3-4-13(16-2)10(7-9)11-8-15-6-5-12(11)14/h3-4,7,11-12,15H,5-6,8,14H2,1-2H3. The summed E-state index contributed by atoms with van der Waals surface area (Å²) >= 11 is 0. The summed E-state index contributed by atoms with van der Waals surface area (Å²) in [4.78, 5) is 0. The van der Waals surface area contributed by atoms with E-state index < -0.39 is 0 Å². The lowest BCUT2D eigenvalue weighted by Crippen LogP contribution is -2.43. The molecular formula is C13H20N2O. The van der Waals surface area contributed by atoms with Gasteiger partial charge < -0.3 is 15.8 Å². The van der Waals surface area contributed by atoms with E-state index in [1.54, 1.807) is 7.11 Å². The van der Waals surface area contributed by atoms with Crippen molar-refractivity contribution in [3.8, 4) is 5.75 Å². The third-order valence-corrected chi connectivity index (χ3v) is 3.32. The van der Waals surface area contributed by atoms with Crippen LogP contribution in [-0.4, -0.2) is 26.2 Å². The second-order valence-electron chi connectivity index (χ2n) is 4.51. The SMILES string of the molecule is COc1ccc(C)cc1C1CNCCC1N. The van der Waals surface area contributed by atoms with Crippen molar-refractivity contribution in [2.24, 2.45) is 5.73 Å². The molecule has 2 atom stereocenters. The first-order chi connectivity index (χ1) is 7.72. The number of nitrogens with two attached hydrogens (primary N) is 1. The van der Waals surface area contributed by atoms with Crippen LogP contribution < -0.4 is 15.8 Å². The minimum absolute atomic E-state index is 0.233. The largest absolute Gasteiger partial charge is 0.496 e. The van der Waals surface area contributed by atoms with E-state index in [-0.39, 0.29) is 6.04 Å². The maximum Gasteiger partial charge on any atom is 0.122 e. The minimum atomic E-state index is 0.233. The monoisotopic (exact) mass is 220 g/mol. The molecule has 2 rings (SSSR count). The third-order valence-electron chi connectivity index (χ3n) is 3.32. The molecule has 1 aromatic rings. The normalized spacial score (nSPS) is 25.4. The highest BCUT2D eigenvalue weighted by atomic mass is 16.5. The van der Waals surface area contributed by atoms with E-state index in [1.165, 1.54) is 11.1 Å². The molecule has 3 nitrogen and oxygen atoms in total. The van der Waals surface area contributed by atoms with Gasteiger partial charge in [-0.15, -0.1) is 0 Å². The summed E-state index contributed by atoms with van der Waals surface area (Å²) in [6.07, 6.45) is 1.03. The zero-order valence-corrected chi connectivity index (χ0v) is 9.99. The summed E-state index contributed by atoms with van der Waals surface area (Å²) in [5.41, 5.74) is 8.69. The molecule has 1 aromatic carbocycles. The molecular weight excluding hydrogens is 200 g/mol. The average molecular weight is 220 g/mol. The Morgan fingerprint density at radius 2 is 2.25 bits per heavy atom. The minimum Gasteiger partial charge on any atom is -0.496 e. The molecule has 3 N–H and O–H groups in total. The molecule has 0 saturated carbocycles. The summed E-state index contributed by atoms with van der Waals surface area (Å²) in [6.45, 7) is 4.07. The summed E-state index contributed by atoms with van der Waals surface area (Å²) in [5, 5.41) is 3.40. The van der Waals surface area contributed by atoms with Crippen LogP contribution in [0.25, 0.3) is 0 Å². The van der Waals surface area contributed by atoms with E-state index in [1.807, 2.05) is 6.07 Å². The smallest absolute Gasteiger partial charge is 0.122 e. The Morgan fingerprint density at radius 1 is 1.44 bits per heavy atom. The molecule has 88 valence electrons. The number of piperidine rings is 1. The Balaban J connectivity index is 2.33. The van der Waals surface area contributed by atoms with Crippen LogP contribution in [0.15, 0.2) is 18.2 Å². The van der Waals surface area contributed by atoms with E-state index in [2.05, 4.69) is 24.4 Å². The lowest BCUT2D eigenvalue weighted by atomic mass is 9.86. The van der Waals surface area contributed by atoms with E-state index >= 15 is 0 Å². The quantitative estimate of drug-likeness (QED) is 0.792. The van der Waals surface area contributed by atoms with Gasteiger partial charge in [0.25, 0.3) is 0 Å². The number of hydrogen-bond acceptors (Lipinski definition) is 3. The predicted molar refractivity (Wildman–Crippen MR) is 65.9 cm³/mol. The van der Waals surface area contributed by atoms with Crippen LogP contribution in [0.4, 0.5) is 0 Å². The first kappa shape index (κ1) is 11.4. The zero-order chi connectivity index (χ0) is 11.5. The maximum atomic E-state index is 6.19. The second-order valence-corrected chi connectivity index (χ2v) is 4.51. The van der Waals surface area contributed by atoms with Gasteiger partial charge in [-0.3, -0.25) is 0 Å². The summed E-state index contributed by atoms with van der Waals surface area (Å²) < 4.78 is 5.42. The van der Waals surface area contributed by atoms with Gasteiger partial charge in [-0.05, 0) is 26.0 Å². The fourth-order valence-electron chi connectivity index (χ4n) is 2.36. The average Bonchev–Trinajstić information content (AvgIpc) is 2.29. The molecule has 1 aliphatic heterocycles. The number of ether oxygens (including phenoxy) is 1. The highest BCUT2D eigenvalue weighted by Crippen LogP contribution is 2.31. The molecule has 1 heterocycles. The van der Waals surface area contributed by atoms with Crippen LogP contribution >= 0.6 is 0 Å². The molecule has 1 fully saturated rings. The molecule has 0 aromatic heterocycles. The molecule has 0 radical (unpaired) electrons. The molecule has 3 heteroatoms. The van der Waals surface area contributed by atoms with Gasteiger partial charge in [0.15, 0.2) is 0 Å². The second kappa shape index (κ2) is 4.85. The van der Waals surface area contributed by atoms with E-state index in [4.69, 9.17) is 10.5 Å². The van der Waals surface area contributed by atoms with Crippen molar-refractivity contribution in [2.45, 2.75) is 25.3 Å². The number of methoxy groups -OCH3 is 1. The Labute approximate surface area is 97.0 Å². The van der Waals surface area contributed by atoms with Crippen LogP contribution in [0, 0.1) is 6.92 Å². The number of rotatable bonds is 2. The summed E-state index contributed by atoms with van der Waals surface area (Å²) in [5.74, 6) is 1.32. The van der Waals surface area contributed by atoms with Crippen molar-refractivity contribution < 1.29 is 4.74 Å². The molecule has 1 saturated heterocycles. The van der Waals surface area contributed by atoms with Crippen molar-refractivity contribution in [3.05, 3.63) is 29.3 Å². The van der Waals surface area contributed by atoms with Crippen molar-refractivity contribution in [1.29, 1.82) is 0 Å². The van der Waals surface area contributed by atoms with E-state index in [0.717, 1.165) is 25.3 Å². The van der Waals surface area contributed by atoms with Gasteiger partial charge in [-0.25, -0.2) is 0 Å². The Kier molecular flexibility index (Phi) is 3.46. The van der Waals surface area contributed by atoms with Crippen LogP contribution in [0.5, 0.6) is 5.75 Å². The first-order valence-corrected chi connectivity index (χ1v) is 5.83. The van der Waals surface area contributed by atoms with Crippen LogP contribution in [0.2, 0.25) is 0 Å². The predicted octanol–water partition coefficient (Wildman–Crippen LogP) is 1.41. The molecule has 0 bridgehead atoms. The van der Waals surface area contributed by atoms with E-state index in [0.29, 0.717) is 5.92 Å². The molecule has 0 aliphatic carbocycles. The summed E-state index contributed by atoms with van der Waals surface area (Å²) in [6, 6.07) is 6.53. The molecule has 0 spiro atoms. The number of nitrogens with one attached hydrogen (secondary N) is 1. The van der Waals surface area contributed by atoms with Gasteiger partial charge in [0.05, 0.1) is 7.11 Å². The van der Waals surface area contributed by atoms with E-state index in [9.17, 15) is 0 Å². The lowest BCUT2D eigenvalue weighted by Gasteiger charge is -2.30. The van der Waals surface area contributed by atoms with Crippen LogP contribution in [0.3, 0.4) is 0 Å². The van der Waals surface area contributed by atoms with Gasteiger partial charge in [-0.2, -0.15) is 0 Å². The van der Waals surface area contributed by atoms with Gasteiger partial charge in [-0.1, -0.05) is 17.7 Å². The molecule has 0 amide bonds. The van der Waals surface area contributed by atoms with Crippen molar-refractivity contribution in [2.75, 3.05) is 20.2 Å². The topological polar surface area (TPSA) is 47.3 Å². The summed E-state index contributed by atoms with van der Waals surface area (Å²) in [7, 11) is 1.72.